The van der Waals surface area contributed by atoms with Crippen molar-refractivity contribution in [3.63, 3.8) is 0 Å². The van der Waals surface area contributed by atoms with E-state index < -0.39 is 40.3 Å². The van der Waals surface area contributed by atoms with Gasteiger partial charge in [0.2, 0.25) is 11.8 Å². The number of aldehydes is 2. The Balaban J connectivity index is 3.48. The molecule has 31 heavy (non-hydrogen) atoms. The van der Waals surface area contributed by atoms with Crippen LogP contribution >= 0.6 is 0 Å². The Morgan fingerprint density at radius 3 is 2.00 bits per heavy atom. The number of nitrogens with zero attached hydrogens (tertiary/aromatic N) is 2. The number of amides is 2. The fraction of sp³-hybridized carbons (Fsp3) is 0.500. The molecule has 1 rings (SSSR count). The van der Waals surface area contributed by atoms with E-state index in [2.05, 4.69) is 4.98 Å². The van der Waals surface area contributed by atoms with E-state index in [9.17, 15) is 28.8 Å². The van der Waals surface area contributed by atoms with Crippen LogP contribution in [-0.2, 0) is 39.9 Å². The molecule has 0 aliphatic carbocycles. The molecule has 9 heteroatoms. The van der Waals surface area contributed by atoms with Crippen LogP contribution < -0.4 is 4.90 Å². The second-order valence-corrected chi connectivity index (χ2v) is 8.27. The molecule has 0 fully saturated rings. The van der Waals surface area contributed by atoms with E-state index in [1.54, 1.807) is 6.92 Å². The van der Waals surface area contributed by atoms with Gasteiger partial charge in [-0.25, -0.2) is 9.88 Å². The van der Waals surface area contributed by atoms with Crippen molar-refractivity contribution in [1.29, 1.82) is 0 Å². The third-order valence-electron chi connectivity index (χ3n) is 4.64. The first kappa shape index (κ1) is 25.8. The largest absolute Gasteiger partial charge is 0.465 e. The maximum absolute atomic E-state index is 13.0. The molecule has 1 aromatic heterocycles. The number of rotatable bonds is 10. The number of ketones is 1. The van der Waals surface area contributed by atoms with Crippen molar-refractivity contribution in [3.8, 4) is 0 Å². The van der Waals surface area contributed by atoms with Gasteiger partial charge < -0.3 is 14.3 Å². The van der Waals surface area contributed by atoms with E-state index in [1.165, 1.54) is 52.9 Å². The first-order valence-electron chi connectivity index (χ1n) is 9.76. The predicted molar refractivity (Wildman–Crippen MR) is 111 cm³/mol. The highest BCUT2D eigenvalue weighted by atomic mass is 16.5. The molecule has 0 aromatic carbocycles. The minimum absolute atomic E-state index is 0.0337. The number of aromatic nitrogens is 1. The highest BCUT2D eigenvalue weighted by Crippen LogP contribution is 2.27. The van der Waals surface area contributed by atoms with Gasteiger partial charge in [-0.15, -0.1) is 0 Å². The normalized spacial score (nSPS) is 12.5. The van der Waals surface area contributed by atoms with E-state index in [4.69, 9.17) is 4.74 Å². The molecule has 1 unspecified atom stereocenters. The van der Waals surface area contributed by atoms with Gasteiger partial charge in [0.25, 0.3) is 0 Å². The lowest BCUT2D eigenvalue weighted by molar-refractivity contribution is -0.151. The van der Waals surface area contributed by atoms with Gasteiger partial charge in [-0.05, 0) is 65.7 Å². The molecule has 0 spiro atoms. The lowest BCUT2D eigenvalue weighted by Crippen LogP contribution is -2.51. The average Bonchev–Trinajstić information content (AvgIpc) is 2.72. The van der Waals surface area contributed by atoms with Crippen LogP contribution in [0.3, 0.4) is 0 Å². The zero-order valence-electron chi connectivity index (χ0n) is 18.6. The number of ether oxygens (including phenoxy) is 1. The van der Waals surface area contributed by atoms with Gasteiger partial charge in [-0.1, -0.05) is 0 Å². The number of hydrogen-bond acceptors (Lipinski definition) is 8. The molecule has 1 heterocycles. The monoisotopic (exact) mass is 432 g/mol. The number of pyridine rings is 1. The smallest absolute Gasteiger partial charge is 0.316 e. The van der Waals surface area contributed by atoms with Crippen molar-refractivity contribution in [2.45, 2.75) is 48.0 Å². The minimum Gasteiger partial charge on any atom is -0.465 e. The van der Waals surface area contributed by atoms with Crippen LogP contribution in [0.5, 0.6) is 0 Å². The van der Waals surface area contributed by atoms with Crippen LogP contribution in [0.1, 0.15) is 47.1 Å². The second kappa shape index (κ2) is 10.2. The first-order valence-corrected chi connectivity index (χ1v) is 9.76. The minimum atomic E-state index is -1.56. The van der Waals surface area contributed by atoms with Crippen molar-refractivity contribution >= 4 is 42.0 Å². The summed E-state index contributed by atoms with van der Waals surface area (Å²) < 4.78 is 4.94. The van der Waals surface area contributed by atoms with Crippen LogP contribution in [0, 0.1) is 16.7 Å². The third-order valence-corrected chi connectivity index (χ3v) is 4.64. The summed E-state index contributed by atoms with van der Waals surface area (Å²) in [6, 6.07) is 2.90. The Morgan fingerprint density at radius 2 is 1.58 bits per heavy atom. The Labute approximate surface area is 181 Å². The number of carbonyl (C=O) groups excluding carboxylic acids is 6. The summed E-state index contributed by atoms with van der Waals surface area (Å²) in [6.07, 6.45) is 2.08. The number of anilines is 1. The van der Waals surface area contributed by atoms with Crippen LogP contribution in [0.25, 0.3) is 0 Å². The predicted octanol–water partition coefficient (Wildman–Crippen LogP) is 1.70. The van der Waals surface area contributed by atoms with Gasteiger partial charge in [0.05, 0.1) is 17.4 Å². The Hall–Kier alpha value is -3.23. The van der Waals surface area contributed by atoms with Gasteiger partial charge >= 0.3 is 5.97 Å². The summed E-state index contributed by atoms with van der Waals surface area (Å²) in [7, 11) is 0. The van der Waals surface area contributed by atoms with E-state index >= 15 is 0 Å². The number of hydrogen-bond donors (Lipinski definition) is 0. The Kier molecular flexibility index (Phi) is 8.48. The number of Topliss-reactive ketones (excluding diaryl/α,β-unsaturated/α-hetero) is 1. The van der Waals surface area contributed by atoms with E-state index in [-0.39, 0.29) is 18.8 Å². The summed E-state index contributed by atoms with van der Waals surface area (Å²) in [4.78, 5) is 77.7. The standard InChI is InChI=1S/C22H28N2O7/c1-7-31-18(28)16(14(2)27)10-15-8-9-23-17(11-15)24(19(29)21(3,4)12-25)20(30)22(5,6)13-26/h8-9,11-13,16H,7,10H2,1-6H3. The topological polar surface area (TPSA) is 128 Å². The molecular weight excluding hydrogens is 404 g/mol. The number of imide groups is 1. The lowest BCUT2D eigenvalue weighted by Gasteiger charge is -2.30. The van der Waals surface area contributed by atoms with E-state index in [0.717, 1.165) is 0 Å². The molecular formula is C22H28N2O7. The van der Waals surface area contributed by atoms with Crippen molar-refractivity contribution in [3.05, 3.63) is 23.9 Å². The quantitative estimate of drug-likeness (QED) is 0.310. The second-order valence-electron chi connectivity index (χ2n) is 8.27. The van der Waals surface area contributed by atoms with Gasteiger partial charge in [-0.3, -0.25) is 19.2 Å². The fourth-order valence-corrected chi connectivity index (χ4v) is 2.56. The van der Waals surface area contributed by atoms with Gasteiger partial charge in [0, 0.05) is 6.20 Å². The van der Waals surface area contributed by atoms with Gasteiger partial charge in [-0.2, -0.15) is 0 Å². The molecule has 1 aromatic rings. The molecule has 1 atom stereocenters. The molecule has 2 amide bonds. The van der Waals surface area contributed by atoms with Crippen LogP contribution in [0.15, 0.2) is 18.3 Å². The molecule has 0 radical (unpaired) electrons. The molecule has 0 N–H and O–H groups in total. The summed E-state index contributed by atoms with van der Waals surface area (Å²) in [5, 5.41) is 0. The van der Waals surface area contributed by atoms with Gasteiger partial charge in [0.15, 0.2) is 0 Å². The molecule has 0 bridgehead atoms. The first-order chi connectivity index (χ1) is 14.3. The number of carbonyl (C=O) groups is 6. The van der Waals surface area contributed by atoms with Crippen LogP contribution in [0.2, 0.25) is 0 Å². The summed E-state index contributed by atoms with van der Waals surface area (Å²) in [5.41, 5.74) is -2.67. The average molecular weight is 432 g/mol. The molecule has 9 nitrogen and oxygen atoms in total. The zero-order valence-corrected chi connectivity index (χ0v) is 18.6. The molecule has 0 aliphatic heterocycles. The van der Waals surface area contributed by atoms with Crippen molar-refractivity contribution in [1.82, 2.24) is 4.98 Å². The summed E-state index contributed by atoms with van der Waals surface area (Å²) in [5.74, 6) is -3.98. The highest BCUT2D eigenvalue weighted by molar-refractivity contribution is 6.23. The van der Waals surface area contributed by atoms with Crippen molar-refractivity contribution < 1.29 is 33.5 Å². The SMILES string of the molecule is CCOC(=O)C(Cc1ccnc(N(C(=O)C(C)(C)C=O)C(=O)C(C)(C)C=O)c1)C(C)=O. The zero-order chi connectivity index (χ0) is 24.0. The van der Waals surface area contributed by atoms with E-state index in [1.807, 2.05) is 0 Å². The molecule has 0 aliphatic rings. The fourth-order valence-electron chi connectivity index (χ4n) is 2.56. The summed E-state index contributed by atoms with van der Waals surface area (Å²) in [6.45, 7) is 8.36. The van der Waals surface area contributed by atoms with Gasteiger partial charge in [0.1, 0.15) is 30.1 Å². The maximum Gasteiger partial charge on any atom is 0.316 e. The third kappa shape index (κ3) is 6.13. The molecule has 0 saturated heterocycles. The van der Waals surface area contributed by atoms with Crippen molar-refractivity contribution in [2.24, 2.45) is 16.7 Å². The Morgan fingerprint density at radius 1 is 1.06 bits per heavy atom. The molecule has 168 valence electrons. The molecule has 0 saturated carbocycles. The van der Waals surface area contributed by atoms with E-state index in [0.29, 0.717) is 23.0 Å². The summed E-state index contributed by atoms with van der Waals surface area (Å²) >= 11 is 0. The number of esters is 1. The lowest BCUT2D eigenvalue weighted by atomic mass is 9.89. The highest BCUT2D eigenvalue weighted by Gasteiger charge is 2.42. The maximum atomic E-state index is 13.0. The van der Waals surface area contributed by atoms with Crippen LogP contribution in [-0.4, -0.2) is 47.7 Å². The van der Waals surface area contributed by atoms with Crippen LogP contribution in [0.4, 0.5) is 5.82 Å². The Bertz CT molecular complexity index is 858. The van der Waals surface area contributed by atoms with Crippen molar-refractivity contribution in [2.75, 3.05) is 11.5 Å².